The van der Waals surface area contributed by atoms with Crippen LogP contribution in [0.15, 0.2) is 11.1 Å². The van der Waals surface area contributed by atoms with Crippen molar-refractivity contribution in [1.29, 1.82) is 0 Å². The molecule has 1 rings (SSSR count). The molecule has 104 valence electrons. The van der Waals surface area contributed by atoms with Crippen LogP contribution in [0.5, 0.6) is 0 Å². The molecule has 1 heterocycles. The molecule has 0 aliphatic heterocycles. The summed E-state index contributed by atoms with van der Waals surface area (Å²) in [4.78, 5) is 12.0. The van der Waals surface area contributed by atoms with Crippen molar-refractivity contribution in [3.8, 4) is 0 Å². The Morgan fingerprint density at radius 2 is 1.89 bits per heavy atom. The van der Waals surface area contributed by atoms with Gasteiger partial charge in [0.1, 0.15) is 16.2 Å². The second-order valence-electron chi connectivity index (χ2n) is 5.53. The molecule has 7 heteroatoms. The minimum absolute atomic E-state index is 0.151. The molecule has 6 nitrogen and oxygen atoms in total. The van der Waals surface area contributed by atoms with Gasteiger partial charge >= 0.3 is 5.69 Å². The Morgan fingerprint density at radius 1 is 1.28 bits per heavy atom. The number of aryl methyl sites for hydroxylation is 1. The van der Waals surface area contributed by atoms with Crippen LogP contribution < -0.4 is 5.69 Å². The number of hydrogen-bond donors (Lipinski definition) is 0. The molecule has 0 aromatic carbocycles. The fraction of sp³-hybridized carbons (Fsp3) is 0.818. The number of aromatic nitrogens is 3. The van der Waals surface area contributed by atoms with Crippen LogP contribution in [0, 0.1) is 0 Å². The van der Waals surface area contributed by atoms with Gasteiger partial charge in [-0.2, -0.15) is 5.10 Å². The molecule has 0 amide bonds. The van der Waals surface area contributed by atoms with E-state index in [1.807, 2.05) is 20.8 Å². The largest absolute Gasteiger partial charge is 0.346 e. The predicted octanol–water partition coefficient (Wildman–Crippen LogP) is 0.625. The van der Waals surface area contributed by atoms with Crippen LogP contribution >= 0.6 is 0 Å². The normalized spacial score (nSPS) is 12.9. The van der Waals surface area contributed by atoms with E-state index in [0.29, 0.717) is 19.4 Å². The summed E-state index contributed by atoms with van der Waals surface area (Å²) in [6, 6.07) is 0. The summed E-state index contributed by atoms with van der Waals surface area (Å²) < 4.78 is 24.9. The van der Waals surface area contributed by atoms with Crippen molar-refractivity contribution in [1.82, 2.24) is 14.3 Å². The van der Waals surface area contributed by atoms with Crippen LogP contribution in [-0.2, 0) is 21.9 Å². The van der Waals surface area contributed by atoms with Crippen LogP contribution in [0.25, 0.3) is 0 Å². The molecule has 0 bridgehead atoms. The van der Waals surface area contributed by atoms with E-state index in [0.717, 1.165) is 0 Å². The molecule has 0 spiro atoms. The molecule has 0 saturated heterocycles. The summed E-state index contributed by atoms with van der Waals surface area (Å²) in [6.45, 7) is 6.24. The van der Waals surface area contributed by atoms with Crippen LogP contribution in [0.3, 0.4) is 0 Å². The van der Waals surface area contributed by atoms with E-state index in [-0.39, 0.29) is 17.0 Å². The van der Waals surface area contributed by atoms with E-state index in [9.17, 15) is 13.2 Å². The first kappa shape index (κ1) is 14.9. The standard InChI is InChI=1S/C11H21N3O3S/c1-11(2,3)14-10(15)13(9-12-14)7-5-6-8-18(4,16)17/h9H,5-8H2,1-4H3. The molecule has 0 saturated carbocycles. The maximum absolute atomic E-state index is 12.0. The number of unbranched alkanes of at least 4 members (excludes halogenated alkanes) is 1. The third kappa shape index (κ3) is 4.29. The van der Waals surface area contributed by atoms with Crippen molar-refractivity contribution in [3.05, 3.63) is 16.8 Å². The molecular weight excluding hydrogens is 254 g/mol. The second-order valence-corrected chi connectivity index (χ2v) is 7.79. The van der Waals surface area contributed by atoms with Gasteiger partial charge in [0.2, 0.25) is 0 Å². The first-order valence-corrected chi connectivity index (χ1v) is 8.00. The number of nitrogens with zero attached hydrogens (tertiary/aromatic N) is 3. The molecule has 0 aliphatic carbocycles. The fourth-order valence-corrected chi connectivity index (χ4v) is 2.32. The van der Waals surface area contributed by atoms with E-state index < -0.39 is 9.84 Å². The minimum Gasteiger partial charge on any atom is -0.282 e. The van der Waals surface area contributed by atoms with Gasteiger partial charge in [-0.25, -0.2) is 17.9 Å². The lowest BCUT2D eigenvalue weighted by Gasteiger charge is -2.16. The van der Waals surface area contributed by atoms with Crippen LogP contribution in [0.2, 0.25) is 0 Å². The highest BCUT2D eigenvalue weighted by molar-refractivity contribution is 7.90. The lowest BCUT2D eigenvalue weighted by Crippen LogP contribution is -2.35. The van der Waals surface area contributed by atoms with Gasteiger partial charge in [0.15, 0.2) is 0 Å². The van der Waals surface area contributed by atoms with E-state index >= 15 is 0 Å². The van der Waals surface area contributed by atoms with Crippen LogP contribution in [-0.4, -0.2) is 34.8 Å². The van der Waals surface area contributed by atoms with Crippen molar-refractivity contribution in [3.63, 3.8) is 0 Å². The van der Waals surface area contributed by atoms with Gasteiger partial charge < -0.3 is 0 Å². The van der Waals surface area contributed by atoms with E-state index in [2.05, 4.69) is 5.10 Å². The summed E-state index contributed by atoms with van der Waals surface area (Å²) >= 11 is 0. The molecule has 0 unspecified atom stereocenters. The highest BCUT2D eigenvalue weighted by atomic mass is 32.2. The maximum atomic E-state index is 12.0. The Kier molecular flexibility index (Phi) is 4.37. The van der Waals surface area contributed by atoms with Crippen molar-refractivity contribution >= 4 is 9.84 Å². The summed E-state index contributed by atoms with van der Waals surface area (Å²) in [5.74, 6) is 0.162. The van der Waals surface area contributed by atoms with Gasteiger partial charge in [-0.3, -0.25) is 4.57 Å². The molecule has 0 radical (unpaired) electrons. The average molecular weight is 275 g/mol. The van der Waals surface area contributed by atoms with Gasteiger partial charge in [-0.05, 0) is 33.6 Å². The third-order valence-corrected chi connectivity index (χ3v) is 3.56. The van der Waals surface area contributed by atoms with E-state index in [1.54, 1.807) is 0 Å². The highest BCUT2D eigenvalue weighted by Crippen LogP contribution is 2.08. The Hall–Kier alpha value is -1.11. The number of sulfone groups is 1. The first-order valence-electron chi connectivity index (χ1n) is 5.94. The summed E-state index contributed by atoms with van der Waals surface area (Å²) in [6.07, 6.45) is 3.94. The van der Waals surface area contributed by atoms with Gasteiger partial charge in [-0.15, -0.1) is 0 Å². The zero-order valence-electron chi connectivity index (χ0n) is 11.4. The first-order chi connectivity index (χ1) is 8.11. The van der Waals surface area contributed by atoms with Gasteiger partial charge in [0, 0.05) is 18.6 Å². The predicted molar refractivity (Wildman–Crippen MR) is 70.4 cm³/mol. The van der Waals surface area contributed by atoms with Gasteiger partial charge in [-0.1, -0.05) is 0 Å². The molecule has 1 aromatic rings. The fourth-order valence-electron chi connectivity index (χ4n) is 1.59. The number of rotatable bonds is 5. The zero-order valence-corrected chi connectivity index (χ0v) is 12.2. The minimum atomic E-state index is -2.91. The van der Waals surface area contributed by atoms with E-state index in [1.165, 1.54) is 21.8 Å². The molecule has 1 aromatic heterocycles. The summed E-state index contributed by atoms with van der Waals surface area (Å²) in [7, 11) is -2.91. The Balaban J connectivity index is 2.60. The zero-order chi connectivity index (χ0) is 14.0. The molecule has 18 heavy (non-hydrogen) atoms. The van der Waals surface area contributed by atoms with Crippen molar-refractivity contribution < 1.29 is 8.42 Å². The molecule has 0 N–H and O–H groups in total. The lowest BCUT2D eigenvalue weighted by molar-refractivity contribution is 0.340. The summed E-state index contributed by atoms with van der Waals surface area (Å²) in [5.41, 5.74) is -0.489. The lowest BCUT2D eigenvalue weighted by atomic mass is 10.1. The average Bonchev–Trinajstić information content (AvgIpc) is 2.53. The number of hydrogen-bond acceptors (Lipinski definition) is 4. The highest BCUT2D eigenvalue weighted by Gasteiger charge is 2.18. The SMILES string of the molecule is CC(C)(C)n1ncn(CCCCS(C)(=O)=O)c1=O. The van der Waals surface area contributed by atoms with Gasteiger partial charge in [0.25, 0.3) is 0 Å². The quantitative estimate of drug-likeness (QED) is 0.739. The van der Waals surface area contributed by atoms with Gasteiger partial charge in [0.05, 0.1) is 5.54 Å². The van der Waals surface area contributed by atoms with E-state index in [4.69, 9.17) is 0 Å². The Morgan fingerprint density at radius 3 is 2.33 bits per heavy atom. The smallest absolute Gasteiger partial charge is 0.282 e. The van der Waals surface area contributed by atoms with Crippen molar-refractivity contribution in [2.24, 2.45) is 0 Å². The topological polar surface area (TPSA) is 74.0 Å². The third-order valence-electron chi connectivity index (χ3n) is 2.53. The van der Waals surface area contributed by atoms with Crippen LogP contribution in [0.1, 0.15) is 33.6 Å². The molecule has 0 atom stereocenters. The molecule has 0 aliphatic rings. The Bertz CT molecular complexity index is 549. The maximum Gasteiger partial charge on any atom is 0.346 e. The summed E-state index contributed by atoms with van der Waals surface area (Å²) in [5, 5.41) is 4.06. The molecular formula is C11H21N3O3S. The monoisotopic (exact) mass is 275 g/mol. The van der Waals surface area contributed by atoms with Crippen molar-refractivity contribution in [2.45, 2.75) is 45.7 Å². The van der Waals surface area contributed by atoms with Crippen molar-refractivity contribution in [2.75, 3.05) is 12.0 Å². The molecule has 0 fully saturated rings. The Labute approximate surface area is 108 Å². The second kappa shape index (κ2) is 5.26. The van der Waals surface area contributed by atoms with Crippen LogP contribution in [0.4, 0.5) is 0 Å².